The van der Waals surface area contributed by atoms with E-state index in [-0.39, 0.29) is 5.92 Å². The molecular weight excluding hydrogens is 892 g/mol. The summed E-state index contributed by atoms with van der Waals surface area (Å²) in [6.07, 6.45) is -3.13. The highest BCUT2D eigenvalue weighted by Crippen LogP contribution is 2.39. The smallest absolute Gasteiger partial charge is 0.340 e. The number of hydrogen-bond donors (Lipinski definition) is 2. The van der Waals surface area contributed by atoms with Crippen molar-refractivity contribution in [1.82, 2.24) is 34.6 Å². The number of likely N-dealkylation sites (tertiary alicyclic amines) is 1. The van der Waals surface area contributed by atoms with Gasteiger partial charge in [-0.1, -0.05) is 72.8 Å². The molecule has 7 nitrogen and oxygen atoms in total. The molecule has 0 saturated carbocycles. The first-order chi connectivity index (χ1) is 33.4. The van der Waals surface area contributed by atoms with Crippen molar-refractivity contribution >= 4 is 0 Å². The number of hydrogen-bond acceptors (Lipinski definition) is 5. The molecule has 6 aromatic carbocycles. The number of piperidine rings is 1. The summed E-state index contributed by atoms with van der Waals surface area (Å²) in [5, 5.41) is 0. The lowest BCUT2D eigenvalue weighted by atomic mass is 9.88. The highest BCUT2D eigenvalue weighted by Gasteiger charge is 2.32. The van der Waals surface area contributed by atoms with Crippen molar-refractivity contribution in [2.45, 2.75) is 44.6 Å². The predicted octanol–water partition coefficient (Wildman–Crippen LogP) is 12.7. The van der Waals surface area contributed by atoms with E-state index in [9.17, 15) is 22.0 Å². The van der Waals surface area contributed by atoms with Crippen molar-refractivity contribution in [3.63, 3.8) is 0 Å². The molecule has 69 heavy (non-hydrogen) atoms. The van der Waals surface area contributed by atoms with Crippen LogP contribution in [0, 0.1) is 23.3 Å². The Hall–Kier alpha value is -6.87. The van der Waals surface area contributed by atoms with E-state index in [0.717, 1.165) is 38.8 Å². The molecule has 2 aliphatic rings. The van der Waals surface area contributed by atoms with E-state index in [1.807, 2.05) is 18.2 Å². The normalized spacial score (nSPS) is 15.5. The number of rotatable bonds is 12. The summed E-state index contributed by atoms with van der Waals surface area (Å²) in [4.78, 5) is 23.6. The minimum atomic E-state index is -4.42. The summed E-state index contributed by atoms with van der Waals surface area (Å²) in [6.45, 7) is 6.30. The lowest BCUT2D eigenvalue weighted by Crippen LogP contribution is -2.45. The van der Waals surface area contributed by atoms with Gasteiger partial charge in [-0.15, -0.1) is 0 Å². The van der Waals surface area contributed by atoms with E-state index in [1.54, 1.807) is 42.5 Å². The zero-order chi connectivity index (χ0) is 47.6. The zero-order valence-electron chi connectivity index (χ0n) is 37.5. The highest BCUT2D eigenvalue weighted by atomic mass is 19.4. The first-order valence-corrected chi connectivity index (χ1v) is 23.1. The molecule has 4 heterocycles. The van der Waals surface area contributed by atoms with E-state index >= 15 is 8.78 Å². The minimum Gasteiger partial charge on any atom is -0.340 e. The van der Waals surface area contributed by atoms with Crippen LogP contribution in [0.3, 0.4) is 0 Å². The van der Waals surface area contributed by atoms with Crippen molar-refractivity contribution < 1.29 is 30.7 Å². The number of benzene rings is 6. The Labute approximate surface area is 395 Å². The van der Waals surface area contributed by atoms with Crippen LogP contribution in [-0.4, -0.2) is 73.9 Å². The third-order valence-corrected chi connectivity index (χ3v) is 13.1. The molecular formula is C55H48F7N7. The molecule has 2 fully saturated rings. The van der Waals surface area contributed by atoms with E-state index < -0.39 is 35.0 Å². The van der Waals surface area contributed by atoms with Crippen molar-refractivity contribution in [1.29, 1.82) is 0 Å². The van der Waals surface area contributed by atoms with Crippen LogP contribution in [0.1, 0.15) is 47.1 Å². The molecule has 10 rings (SSSR count). The van der Waals surface area contributed by atoms with Gasteiger partial charge >= 0.3 is 6.18 Å². The monoisotopic (exact) mass is 939 g/mol. The molecule has 0 aliphatic carbocycles. The van der Waals surface area contributed by atoms with Crippen LogP contribution in [0.5, 0.6) is 0 Å². The van der Waals surface area contributed by atoms with Crippen molar-refractivity contribution in [2.75, 3.05) is 39.3 Å². The number of aromatic nitrogens is 4. The molecule has 8 aromatic rings. The Balaban J connectivity index is 0.929. The number of nitrogens with one attached hydrogen (secondary N) is 2. The summed E-state index contributed by atoms with van der Waals surface area (Å²) >= 11 is 0. The van der Waals surface area contributed by atoms with Gasteiger partial charge in [0.1, 0.15) is 34.9 Å². The minimum absolute atomic E-state index is 0.0346. The van der Waals surface area contributed by atoms with Gasteiger partial charge in [-0.2, -0.15) is 13.2 Å². The van der Waals surface area contributed by atoms with Crippen LogP contribution >= 0.6 is 0 Å². The Morgan fingerprint density at radius 3 is 1.57 bits per heavy atom. The molecule has 0 amide bonds. The summed E-state index contributed by atoms with van der Waals surface area (Å²) in [6, 6.07) is 36.8. The number of H-pyrrole nitrogens is 2. The first-order valence-electron chi connectivity index (χ1n) is 23.1. The predicted molar refractivity (Wildman–Crippen MR) is 253 cm³/mol. The summed E-state index contributed by atoms with van der Waals surface area (Å²) in [7, 11) is 0. The second-order valence-corrected chi connectivity index (χ2v) is 18.0. The quantitative estimate of drug-likeness (QED) is 0.119. The van der Waals surface area contributed by atoms with Gasteiger partial charge in [0, 0.05) is 55.0 Å². The highest BCUT2D eigenvalue weighted by molar-refractivity contribution is 5.84. The fourth-order valence-electron chi connectivity index (χ4n) is 9.67. The van der Waals surface area contributed by atoms with Gasteiger partial charge < -0.3 is 9.97 Å². The molecule has 2 aromatic heterocycles. The van der Waals surface area contributed by atoms with E-state index in [2.05, 4.69) is 36.8 Å². The number of alkyl halides is 3. The van der Waals surface area contributed by atoms with Crippen LogP contribution in [0.25, 0.3) is 56.2 Å². The number of piperazine rings is 1. The fraction of sp³-hybridized carbons (Fsp3) is 0.236. The molecule has 2 N–H and O–H groups in total. The maximum Gasteiger partial charge on any atom is 0.416 e. The first kappa shape index (κ1) is 45.9. The van der Waals surface area contributed by atoms with Gasteiger partial charge in [-0.25, -0.2) is 27.5 Å². The Morgan fingerprint density at radius 1 is 0.449 bits per heavy atom. The average Bonchev–Trinajstić information content (AvgIpc) is 3.97. The Kier molecular flexibility index (Phi) is 13.1. The number of aromatic amines is 2. The van der Waals surface area contributed by atoms with Gasteiger partial charge in [-0.3, -0.25) is 14.7 Å². The van der Waals surface area contributed by atoms with Gasteiger partial charge in [-0.05, 0) is 121 Å². The van der Waals surface area contributed by atoms with Gasteiger partial charge in [0.25, 0.3) is 0 Å². The van der Waals surface area contributed by atoms with E-state index in [1.165, 1.54) is 66.2 Å². The van der Waals surface area contributed by atoms with E-state index in [4.69, 9.17) is 9.97 Å². The SMILES string of the molecule is Fc1cccc(-c2nc(CN3CCC(c4cccc(C(F)(F)F)c4)CC3)[nH]c2-c2cc(F)cc(-c3cc(F)cc(-c4nc(CN5CCN(Cc6ccccc6)CC5)[nH]c4-c4cccc(F)c4)c3)c2)c1. The number of nitrogens with zero attached hydrogens (tertiary/aromatic N) is 5. The topological polar surface area (TPSA) is 67.1 Å². The summed E-state index contributed by atoms with van der Waals surface area (Å²) in [5.41, 5.74) is 5.54. The zero-order valence-corrected chi connectivity index (χ0v) is 37.5. The van der Waals surface area contributed by atoms with Crippen molar-refractivity contribution in [3.8, 4) is 56.2 Å². The summed E-state index contributed by atoms with van der Waals surface area (Å²) < 4.78 is 102. The average molecular weight is 940 g/mol. The standard InChI is InChI=1S/C55H48F7N7/c56-45-13-5-10-38(26-45)51-53(65-49(63-51)33-67-17-15-36(16-18-67)37-9-4-12-44(25-37)55(60,61)62)42-23-40(28-47(58)30-42)41-24-43(31-48(59)29-41)54-52(39-11-6-14-46(57)27-39)64-50(66-54)34-69-21-19-68(20-22-69)32-35-7-2-1-3-8-35/h1-14,23-31,36H,15-22,32-34H2,(H,63,65)(H,64,66). The van der Waals surface area contributed by atoms with Crippen LogP contribution in [0.4, 0.5) is 30.7 Å². The van der Waals surface area contributed by atoms with Gasteiger partial charge in [0.2, 0.25) is 0 Å². The van der Waals surface area contributed by atoms with Crippen LogP contribution in [0.15, 0.2) is 140 Å². The largest absolute Gasteiger partial charge is 0.416 e. The van der Waals surface area contributed by atoms with Crippen LogP contribution < -0.4 is 0 Å². The number of imidazole rings is 2. The lowest BCUT2D eigenvalue weighted by molar-refractivity contribution is -0.137. The van der Waals surface area contributed by atoms with E-state index in [0.29, 0.717) is 112 Å². The van der Waals surface area contributed by atoms with Gasteiger partial charge in [0.15, 0.2) is 0 Å². The molecule has 2 aliphatic heterocycles. The third-order valence-electron chi connectivity index (χ3n) is 13.1. The molecule has 0 atom stereocenters. The molecule has 352 valence electrons. The molecule has 0 bridgehead atoms. The van der Waals surface area contributed by atoms with Crippen LogP contribution in [0.2, 0.25) is 0 Å². The number of halogens is 7. The molecule has 14 heteroatoms. The second kappa shape index (κ2) is 19.6. The molecule has 2 saturated heterocycles. The Morgan fingerprint density at radius 2 is 0.942 bits per heavy atom. The molecule has 0 unspecified atom stereocenters. The Bertz CT molecular complexity index is 3070. The van der Waals surface area contributed by atoms with Crippen molar-refractivity contribution in [2.24, 2.45) is 0 Å². The molecule has 0 spiro atoms. The maximum atomic E-state index is 15.9. The second-order valence-electron chi connectivity index (χ2n) is 18.0. The summed E-state index contributed by atoms with van der Waals surface area (Å²) in [5.74, 6) is -0.959. The fourth-order valence-corrected chi connectivity index (χ4v) is 9.67. The molecule has 0 radical (unpaired) electrons. The maximum absolute atomic E-state index is 15.9. The van der Waals surface area contributed by atoms with Crippen LogP contribution in [-0.2, 0) is 25.8 Å². The van der Waals surface area contributed by atoms with Crippen molar-refractivity contribution in [3.05, 3.63) is 191 Å². The lowest BCUT2D eigenvalue weighted by Gasteiger charge is -2.34. The third kappa shape index (κ3) is 10.7. The van der Waals surface area contributed by atoms with Gasteiger partial charge in [0.05, 0.1) is 41.4 Å².